The van der Waals surface area contributed by atoms with Gasteiger partial charge in [-0.05, 0) is 25.1 Å². The summed E-state index contributed by atoms with van der Waals surface area (Å²) in [4.78, 5) is 25.8. The Kier molecular flexibility index (Phi) is 4.77. The van der Waals surface area contributed by atoms with Gasteiger partial charge in [-0.25, -0.2) is 15.0 Å². The van der Waals surface area contributed by atoms with Gasteiger partial charge in [-0.3, -0.25) is 4.79 Å². The van der Waals surface area contributed by atoms with Crippen LogP contribution in [0.4, 0.5) is 5.82 Å². The van der Waals surface area contributed by atoms with E-state index >= 15 is 0 Å². The molecule has 1 fully saturated rings. The molecule has 9 nitrogen and oxygen atoms in total. The van der Waals surface area contributed by atoms with Crippen LogP contribution < -0.4 is 15.4 Å². The van der Waals surface area contributed by atoms with Crippen LogP contribution in [0.2, 0.25) is 0 Å². The first-order chi connectivity index (χ1) is 14.6. The van der Waals surface area contributed by atoms with E-state index in [9.17, 15) is 4.79 Å². The predicted octanol–water partition coefficient (Wildman–Crippen LogP) is 2.45. The van der Waals surface area contributed by atoms with Crippen LogP contribution in [-0.4, -0.2) is 50.2 Å². The van der Waals surface area contributed by atoms with Gasteiger partial charge in [0.25, 0.3) is 5.91 Å². The first-order valence-corrected chi connectivity index (χ1v) is 10.2. The molecule has 10 heteroatoms. The van der Waals surface area contributed by atoms with Crippen molar-refractivity contribution in [3.63, 3.8) is 0 Å². The van der Waals surface area contributed by atoms with Crippen molar-refractivity contribution in [1.82, 2.24) is 30.5 Å². The number of hydrogen-bond acceptors (Lipinski definition) is 9. The molecule has 0 saturated carbocycles. The topological polar surface area (TPSA) is 115 Å². The van der Waals surface area contributed by atoms with Gasteiger partial charge in [-0.1, -0.05) is 11.3 Å². The Hall–Kier alpha value is -3.50. The predicted molar refractivity (Wildman–Crippen MR) is 113 cm³/mol. The summed E-state index contributed by atoms with van der Waals surface area (Å²) in [5.74, 6) is 0.545. The second kappa shape index (κ2) is 7.73. The summed E-state index contributed by atoms with van der Waals surface area (Å²) in [7, 11) is 0. The molecule has 1 aliphatic heterocycles. The Bertz CT molecular complexity index is 1240. The number of nitrogens with one attached hydrogen (secondary N) is 2. The average molecular weight is 419 g/mol. The summed E-state index contributed by atoms with van der Waals surface area (Å²) in [6.45, 7) is 3.47. The van der Waals surface area contributed by atoms with Crippen molar-refractivity contribution in [2.75, 3.05) is 18.4 Å². The van der Waals surface area contributed by atoms with Gasteiger partial charge in [0, 0.05) is 48.6 Å². The van der Waals surface area contributed by atoms with Gasteiger partial charge in [0.2, 0.25) is 5.88 Å². The van der Waals surface area contributed by atoms with E-state index in [1.807, 2.05) is 19.1 Å². The second-order valence-electron chi connectivity index (χ2n) is 6.82. The molecule has 0 radical (unpaired) electrons. The van der Waals surface area contributed by atoms with Crippen molar-refractivity contribution >= 4 is 34.0 Å². The zero-order valence-corrected chi connectivity index (χ0v) is 16.8. The number of pyridine rings is 3. The van der Waals surface area contributed by atoms with E-state index in [1.54, 1.807) is 30.6 Å². The minimum atomic E-state index is -0.295. The maximum atomic E-state index is 12.7. The molecule has 0 atom stereocenters. The van der Waals surface area contributed by atoms with E-state index < -0.39 is 0 Å². The maximum absolute atomic E-state index is 12.7. The van der Waals surface area contributed by atoms with Crippen molar-refractivity contribution < 1.29 is 9.53 Å². The van der Waals surface area contributed by atoms with E-state index in [-0.39, 0.29) is 12.0 Å². The largest absolute Gasteiger partial charge is 0.472 e. The molecule has 5 heterocycles. The van der Waals surface area contributed by atoms with Gasteiger partial charge >= 0.3 is 0 Å². The molecule has 0 aromatic carbocycles. The molecular weight excluding hydrogens is 402 g/mol. The molecule has 0 aliphatic carbocycles. The fourth-order valence-corrected chi connectivity index (χ4v) is 3.59. The van der Waals surface area contributed by atoms with E-state index in [0.717, 1.165) is 34.2 Å². The lowest BCUT2D eigenvalue weighted by Crippen LogP contribution is -2.50. The van der Waals surface area contributed by atoms with Gasteiger partial charge in [0.1, 0.15) is 22.6 Å². The Morgan fingerprint density at radius 1 is 1.20 bits per heavy atom. The molecule has 1 saturated heterocycles. The highest BCUT2D eigenvalue weighted by Gasteiger charge is 2.19. The number of aryl methyl sites for hydroxylation is 1. The Balaban J connectivity index is 1.36. The van der Waals surface area contributed by atoms with Crippen LogP contribution in [0.25, 0.3) is 21.6 Å². The summed E-state index contributed by atoms with van der Waals surface area (Å²) in [5.41, 5.74) is 1.89. The lowest BCUT2D eigenvalue weighted by Gasteiger charge is -2.27. The summed E-state index contributed by atoms with van der Waals surface area (Å²) < 4.78 is 5.72. The fraction of sp³-hybridized carbons (Fsp3) is 0.200. The SMILES string of the molecule is Cc1nnc(-c2ccc3cnc(NC(=O)c4ccnc(OC5CNC5)c4)cc3n2)s1. The van der Waals surface area contributed by atoms with Crippen molar-refractivity contribution in [2.24, 2.45) is 0 Å². The minimum absolute atomic E-state index is 0.0926. The maximum Gasteiger partial charge on any atom is 0.257 e. The molecular formula is C20H17N7O2S. The summed E-state index contributed by atoms with van der Waals surface area (Å²) in [6, 6.07) is 8.82. The van der Waals surface area contributed by atoms with Crippen LogP contribution in [0, 0.1) is 6.92 Å². The van der Waals surface area contributed by atoms with Crippen molar-refractivity contribution in [3.05, 3.63) is 53.3 Å². The highest BCUT2D eigenvalue weighted by molar-refractivity contribution is 7.14. The van der Waals surface area contributed by atoms with Crippen LogP contribution >= 0.6 is 11.3 Å². The van der Waals surface area contributed by atoms with Gasteiger partial charge < -0.3 is 15.4 Å². The molecule has 0 spiro atoms. The molecule has 2 N–H and O–H groups in total. The van der Waals surface area contributed by atoms with Crippen molar-refractivity contribution in [3.8, 4) is 16.6 Å². The lowest BCUT2D eigenvalue weighted by molar-refractivity contribution is 0.102. The van der Waals surface area contributed by atoms with Crippen molar-refractivity contribution in [2.45, 2.75) is 13.0 Å². The summed E-state index contributed by atoms with van der Waals surface area (Å²) in [6.07, 6.45) is 3.33. The standard InChI is InChI=1S/C20H17N7O2S/c1-11-26-27-20(30-11)15-3-2-13-8-23-17(7-16(13)24-15)25-19(28)12-4-5-22-18(6-12)29-14-9-21-10-14/h2-8,14,21H,9-10H2,1H3,(H,23,25,28). The molecule has 1 amide bonds. The van der Waals surface area contributed by atoms with E-state index in [1.165, 1.54) is 11.3 Å². The van der Waals surface area contributed by atoms with Gasteiger partial charge in [0.05, 0.1) is 5.52 Å². The van der Waals surface area contributed by atoms with Crippen LogP contribution in [-0.2, 0) is 0 Å². The van der Waals surface area contributed by atoms with Gasteiger partial charge in [-0.15, -0.1) is 10.2 Å². The number of amides is 1. The Morgan fingerprint density at radius 2 is 2.10 bits per heavy atom. The monoisotopic (exact) mass is 419 g/mol. The number of ether oxygens (including phenoxy) is 1. The molecule has 5 rings (SSSR count). The number of rotatable bonds is 5. The molecule has 0 bridgehead atoms. The number of hydrogen-bond donors (Lipinski definition) is 2. The Labute approximate surface area is 175 Å². The van der Waals surface area contributed by atoms with Crippen molar-refractivity contribution in [1.29, 1.82) is 0 Å². The molecule has 4 aromatic heterocycles. The smallest absolute Gasteiger partial charge is 0.257 e. The molecule has 1 aliphatic rings. The normalized spacial score (nSPS) is 13.8. The first-order valence-electron chi connectivity index (χ1n) is 9.36. The third-order valence-electron chi connectivity index (χ3n) is 4.59. The summed E-state index contributed by atoms with van der Waals surface area (Å²) in [5, 5.41) is 16.6. The average Bonchev–Trinajstić information content (AvgIpc) is 3.17. The van der Waals surface area contributed by atoms with Gasteiger partial charge in [0.15, 0.2) is 5.01 Å². The fourth-order valence-electron chi connectivity index (χ4n) is 2.92. The number of carbonyl (C=O) groups is 1. The quantitative estimate of drug-likeness (QED) is 0.507. The number of aromatic nitrogens is 5. The zero-order chi connectivity index (χ0) is 20.5. The number of anilines is 1. The lowest BCUT2D eigenvalue weighted by atomic mass is 10.2. The third kappa shape index (κ3) is 3.82. The van der Waals surface area contributed by atoms with Crippen LogP contribution in [0.5, 0.6) is 5.88 Å². The van der Waals surface area contributed by atoms with E-state index in [4.69, 9.17) is 4.74 Å². The van der Waals surface area contributed by atoms with E-state index in [2.05, 4.69) is 35.8 Å². The molecule has 0 unspecified atom stereocenters. The highest BCUT2D eigenvalue weighted by Crippen LogP contribution is 2.24. The first kappa shape index (κ1) is 18.5. The van der Waals surface area contributed by atoms with E-state index in [0.29, 0.717) is 22.8 Å². The van der Waals surface area contributed by atoms with Crippen LogP contribution in [0.3, 0.4) is 0 Å². The Morgan fingerprint density at radius 3 is 2.87 bits per heavy atom. The van der Waals surface area contributed by atoms with Gasteiger partial charge in [-0.2, -0.15) is 0 Å². The molecule has 4 aromatic rings. The third-order valence-corrected chi connectivity index (χ3v) is 5.45. The summed E-state index contributed by atoms with van der Waals surface area (Å²) >= 11 is 1.48. The minimum Gasteiger partial charge on any atom is -0.472 e. The van der Waals surface area contributed by atoms with Crippen LogP contribution in [0.1, 0.15) is 15.4 Å². The highest BCUT2D eigenvalue weighted by atomic mass is 32.1. The zero-order valence-electron chi connectivity index (χ0n) is 16.0. The second-order valence-corrected chi connectivity index (χ2v) is 8.00. The molecule has 30 heavy (non-hydrogen) atoms. The number of nitrogens with zero attached hydrogens (tertiary/aromatic N) is 5. The molecule has 150 valence electrons. The number of fused-ring (bicyclic) bond motifs is 1. The number of carbonyl (C=O) groups excluding carboxylic acids is 1. The van der Waals surface area contributed by atoms with Crippen LogP contribution in [0.15, 0.2) is 42.7 Å².